The Morgan fingerprint density at radius 2 is 2.00 bits per heavy atom. The molecule has 1 saturated carbocycles. The molecule has 2 amide bonds. The van der Waals surface area contributed by atoms with E-state index in [2.05, 4.69) is 5.32 Å². The number of nitrogens with two attached hydrogens (primary N) is 2. The summed E-state index contributed by atoms with van der Waals surface area (Å²) in [6, 6.07) is 0.312. The number of nitrogens with one attached hydrogen (secondary N) is 1. The first-order valence-electron chi connectivity index (χ1n) is 6.38. The summed E-state index contributed by atoms with van der Waals surface area (Å²) in [5.41, 5.74) is 10.9. The third-order valence-corrected chi connectivity index (χ3v) is 3.30. The van der Waals surface area contributed by atoms with E-state index in [4.69, 9.17) is 11.5 Å². The van der Waals surface area contributed by atoms with Crippen molar-refractivity contribution in [2.24, 2.45) is 17.4 Å². The van der Waals surface area contributed by atoms with E-state index in [1.807, 2.05) is 0 Å². The highest BCUT2D eigenvalue weighted by molar-refractivity contribution is 5.77. The Hall–Kier alpha value is -1.10. The maximum Gasteiger partial charge on any atom is 0.220 e. The number of hydrogen-bond acceptors (Lipinski definition) is 3. The third kappa shape index (κ3) is 6.26. The van der Waals surface area contributed by atoms with Crippen molar-refractivity contribution in [3.8, 4) is 0 Å². The van der Waals surface area contributed by atoms with Gasteiger partial charge in [0.05, 0.1) is 0 Å². The normalized spacial score (nSPS) is 24.3. The van der Waals surface area contributed by atoms with Gasteiger partial charge < -0.3 is 16.8 Å². The van der Waals surface area contributed by atoms with Crippen molar-refractivity contribution in [2.45, 2.75) is 51.0 Å². The second-order valence-corrected chi connectivity index (χ2v) is 4.90. The lowest BCUT2D eigenvalue weighted by Gasteiger charge is -2.26. The molecule has 1 aliphatic carbocycles. The molecule has 5 N–H and O–H groups in total. The fourth-order valence-corrected chi connectivity index (χ4v) is 2.34. The maximum absolute atomic E-state index is 11.5. The van der Waals surface area contributed by atoms with Crippen LogP contribution in [0.2, 0.25) is 0 Å². The summed E-state index contributed by atoms with van der Waals surface area (Å²) in [5, 5.41) is 2.69. The van der Waals surface area contributed by atoms with Gasteiger partial charge in [0, 0.05) is 25.4 Å². The summed E-state index contributed by atoms with van der Waals surface area (Å²) in [6.45, 7) is 0.346. The van der Waals surface area contributed by atoms with Crippen molar-refractivity contribution < 1.29 is 9.59 Å². The van der Waals surface area contributed by atoms with Crippen LogP contribution in [0, 0.1) is 5.92 Å². The highest BCUT2D eigenvalue weighted by atomic mass is 16.2. The Labute approximate surface area is 102 Å². The molecular weight excluding hydrogens is 218 g/mol. The first kappa shape index (κ1) is 14.0. The third-order valence-electron chi connectivity index (χ3n) is 3.30. The van der Waals surface area contributed by atoms with E-state index < -0.39 is 0 Å². The number of rotatable bonds is 6. The molecular formula is C12H23N3O2. The first-order chi connectivity index (χ1) is 8.08. The van der Waals surface area contributed by atoms with Gasteiger partial charge in [-0.25, -0.2) is 0 Å². The van der Waals surface area contributed by atoms with Crippen LogP contribution < -0.4 is 16.8 Å². The molecule has 0 aromatic rings. The fourth-order valence-electron chi connectivity index (χ4n) is 2.34. The van der Waals surface area contributed by atoms with Gasteiger partial charge in [-0.1, -0.05) is 12.8 Å². The minimum absolute atomic E-state index is 0.00500. The Morgan fingerprint density at radius 3 is 2.65 bits per heavy atom. The minimum atomic E-state index is -0.386. The van der Waals surface area contributed by atoms with Crippen molar-refractivity contribution >= 4 is 11.8 Å². The number of amides is 2. The molecule has 0 aromatic carbocycles. The van der Waals surface area contributed by atoms with Gasteiger partial charge in [0.2, 0.25) is 11.8 Å². The van der Waals surface area contributed by atoms with E-state index in [9.17, 15) is 9.59 Å². The van der Waals surface area contributed by atoms with Gasteiger partial charge >= 0.3 is 0 Å². The van der Waals surface area contributed by atoms with Crippen LogP contribution in [0.5, 0.6) is 0 Å². The van der Waals surface area contributed by atoms with Crippen LogP contribution in [0.15, 0.2) is 0 Å². The van der Waals surface area contributed by atoms with E-state index in [0.29, 0.717) is 24.9 Å². The van der Waals surface area contributed by atoms with Crippen molar-refractivity contribution in [1.82, 2.24) is 5.32 Å². The summed E-state index contributed by atoms with van der Waals surface area (Å²) in [7, 11) is 0. The van der Waals surface area contributed by atoms with Crippen LogP contribution in [0.3, 0.4) is 0 Å². The van der Waals surface area contributed by atoms with Crippen molar-refractivity contribution in [3.05, 3.63) is 0 Å². The van der Waals surface area contributed by atoms with Gasteiger partial charge in [-0.15, -0.1) is 0 Å². The van der Waals surface area contributed by atoms with Gasteiger partial charge in [-0.3, -0.25) is 9.59 Å². The molecule has 17 heavy (non-hydrogen) atoms. The monoisotopic (exact) mass is 241 g/mol. The summed E-state index contributed by atoms with van der Waals surface area (Å²) >= 11 is 0. The molecule has 2 atom stereocenters. The van der Waals surface area contributed by atoms with Crippen LogP contribution in [0.25, 0.3) is 0 Å². The lowest BCUT2D eigenvalue weighted by atomic mass is 9.83. The lowest BCUT2D eigenvalue weighted by molar-refractivity contribution is -0.121. The second-order valence-electron chi connectivity index (χ2n) is 4.90. The highest BCUT2D eigenvalue weighted by Gasteiger charge is 2.19. The zero-order valence-corrected chi connectivity index (χ0v) is 10.3. The van der Waals surface area contributed by atoms with Crippen LogP contribution in [-0.2, 0) is 9.59 Å². The lowest BCUT2D eigenvalue weighted by Crippen LogP contribution is -2.30. The molecule has 0 bridgehead atoms. The van der Waals surface area contributed by atoms with Crippen LogP contribution in [0.1, 0.15) is 44.9 Å². The van der Waals surface area contributed by atoms with Crippen LogP contribution in [0.4, 0.5) is 0 Å². The quantitative estimate of drug-likeness (QED) is 0.622. The standard InChI is InChI=1S/C12H23N3O2/c13-10-3-1-2-9(8-10)4-5-12(17)15-7-6-11(14)16/h9-10H,1-8,13H2,(H2,14,16)(H,15,17). The van der Waals surface area contributed by atoms with Gasteiger partial charge in [0.15, 0.2) is 0 Å². The molecule has 5 heteroatoms. The van der Waals surface area contributed by atoms with Crippen LogP contribution >= 0.6 is 0 Å². The molecule has 2 unspecified atom stereocenters. The Kier molecular flexibility index (Phi) is 5.97. The van der Waals surface area contributed by atoms with Crippen molar-refractivity contribution in [2.75, 3.05) is 6.54 Å². The predicted molar refractivity (Wildman–Crippen MR) is 66.0 cm³/mol. The zero-order valence-electron chi connectivity index (χ0n) is 10.3. The molecule has 0 radical (unpaired) electrons. The van der Waals surface area contributed by atoms with Crippen LogP contribution in [-0.4, -0.2) is 24.4 Å². The van der Waals surface area contributed by atoms with Gasteiger partial charge in [-0.05, 0) is 25.2 Å². The average Bonchev–Trinajstić information content (AvgIpc) is 2.26. The fraction of sp³-hybridized carbons (Fsp3) is 0.833. The van der Waals surface area contributed by atoms with Gasteiger partial charge in [0.25, 0.3) is 0 Å². The molecule has 5 nitrogen and oxygen atoms in total. The van der Waals surface area contributed by atoms with E-state index in [1.54, 1.807) is 0 Å². The van der Waals surface area contributed by atoms with Crippen molar-refractivity contribution in [1.29, 1.82) is 0 Å². The topological polar surface area (TPSA) is 98.2 Å². The first-order valence-corrected chi connectivity index (χ1v) is 6.38. The van der Waals surface area contributed by atoms with Gasteiger partial charge in [-0.2, -0.15) is 0 Å². The summed E-state index contributed by atoms with van der Waals surface area (Å²) in [4.78, 5) is 21.9. The molecule has 0 heterocycles. The summed E-state index contributed by atoms with van der Waals surface area (Å²) < 4.78 is 0. The molecule has 98 valence electrons. The van der Waals surface area contributed by atoms with Gasteiger partial charge in [0.1, 0.15) is 0 Å². The molecule has 1 rings (SSSR count). The smallest absolute Gasteiger partial charge is 0.220 e. The Balaban J connectivity index is 2.08. The summed E-state index contributed by atoms with van der Waals surface area (Å²) in [6.07, 6.45) is 6.14. The number of hydrogen-bond donors (Lipinski definition) is 3. The zero-order chi connectivity index (χ0) is 12.7. The minimum Gasteiger partial charge on any atom is -0.370 e. The molecule has 0 spiro atoms. The molecule has 1 fully saturated rings. The molecule has 0 aliphatic heterocycles. The van der Waals surface area contributed by atoms with E-state index >= 15 is 0 Å². The SMILES string of the molecule is NC(=O)CCNC(=O)CCC1CCCC(N)C1. The summed E-state index contributed by atoms with van der Waals surface area (Å²) in [5.74, 6) is 0.203. The van der Waals surface area contributed by atoms with E-state index in [1.165, 1.54) is 12.8 Å². The second kappa shape index (κ2) is 7.27. The largest absolute Gasteiger partial charge is 0.370 e. The molecule has 0 saturated heterocycles. The Morgan fingerprint density at radius 1 is 1.24 bits per heavy atom. The average molecular weight is 241 g/mol. The number of primary amides is 1. The number of carbonyl (C=O) groups excluding carboxylic acids is 2. The molecule has 1 aliphatic rings. The highest BCUT2D eigenvalue weighted by Crippen LogP contribution is 2.26. The van der Waals surface area contributed by atoms with Crippen molar-refractivity contribution in [3.63, 3.8) is 0 Å². The van der Waals surface area contributed by atoms with E-state index in [0.717, 1.165) is 19.3 Å². The Bertz CT molecular complexity index is 268. The molecule has 0 aromatic heterocycles. The van der Waals surface area contributed by atoms with E-state index in [-0.39, 0.29) is 18.2 Å². The maximum atomic E-state index is 11.5. The predicted octanol–water partition coefficient (Wildman–Crippen LogP) is 0.276. The number of carbonyl (C=O) groups is 2.